The second-order valence-electron chi connectivity index (χ2n) is 4.05. The molecule has 0 radical (unpaired) electrons. The van der Waals surface area contributed by atoms with E-state index in [0.717, 1.165) is 19.4 Å². The number of benzene rings is 1. The van der Waals surface area contributed by atoms with Gasteiger partial charge in [0.15, 0.2) is 0 Å². The molecule has 0 bridgehead atoms. The maximum Gasteiger partial charge on any atom is 0.259 e. The summed E-state index contributed by atoms with van der Waals surface area (Å²) >= 11 is 5.53. The van der Waals surface area contributed by atoms with Crippen molar-refractivity contribution in [3.05, 3.63) is 49.3 Å². The molecule has 0 aliphatic carbocycles. The molecule has 0 atom stereocenters. The summed E-state index contributed by atoms with van der Waals surface area (Å²) in [6.07, 6.45) is 0. The number of hydrogen-bond donors (Lipinski definition) is 1. The summed E-state index contributed by atoms with van der Waals surface area (Å²) < 4.78 is 1.74. The van der Waals surface area contributed by atoms with Crippen LogP contribution in [-0.2, 0) is 0 Å². The van der Waals surface area contributed by atoms with Crippen molar-refractivity contribution in [2.24, 2.45) is 0 Å². The lowest BCUT2D eigenvalue weighted by molar-refractivity contribution is 0.102. The molecular formula is C13H11BrIN3O. The van der Waals surface area contributed by atoms with Crippen molar-refractivity contribution in [1.29, 1.82) is 0 Å². The molecule has 2 aromatic rings. The molecule has 6 heteroatoms. The molecule has 1 amide bonds. The Bertz CT molecular complexity index is 626. The number of carbonyl (C=O) groups is 1. The minimum Gasteiger partial charge on any atom is -0.290 e. The predicted molar refractivity (Wildman–Crippen MR) is 86.3 cm³/mol. The Hall–Kier alpha value is -1.02. The first-order valence-electron chi connectivity index (χ1n) is 5.54. The molecule has 0 saturated heterocycles. The number of nitrogens with one attached hydrogen (secondary N) is 1. The Labute approximate surface area is 133 Å². The summed E-state index contributed by atoms with van der Waals surface area (Å²) in [4.78, 5) is 20.6. The highest BCUT2D eigenvalue weighted by Crippen LogP contribution is 2.20. The molecule has 2 rings (SSSR count). The van der Waals surface area contributed by atoms with Crippen LogP contribution in [0.2, 0.25) is 0 Å². The number of anilines is 1. The van der Waals surface area contributed by atoms with E-state index in [4.69, 9.17) is 0 Å². The zero-order valence-corrected chi connectivity index (χ0v) is 14.1. The average molecular weight is 432 g/mol. The highest BCUT2D eigenvalue weighted by molar-refractivity contribution is 14.1. The lowest BCUT2D eigenvalue weighted by atomic mass is 10.2. The molecule has 0 saturated carbocycles. The SMILES string of the molecule is Cc1cc(C)nc(NC(=O)c2cc(I)ccc2Br)n1. The Kier molecular flexibility index (Phi) is 4.51. The fourth-order valence-corrected chi connectivity index (χ4v) is 2.54. The van der Waals surface area contributed by atoms with E-state index in [1.807, 2.05) is 38.1 Å². The summed E-state index contributed by atoms with van der Waals surface area (Å²) in [5.41, 5.74) is 2.21. The first-order valence-corrected chi connectivity index (χ1v) is 7.41. The number of aryl methyl sites for hydroxylation is 2. The van der Waals surface area contributed by atoms with Crippen molar-refractivity contribution >= 4 is 50.4 Å². The van der Waals surface area contributed by atoms with Crippen LogP contribution in [0.15, 0.2) is 28.7 Å². The van der Waals surface area contributed by atoms with Gasteiger partial charge in [0.1, 0.15) is 0 Å². The number of amides is 1. The van der Waals surface area contributed by atoms with Crippen LogP contribution in [0.25, 0.3) is 0 Å². The van der Waals surface area contributed by atoms with E-state index in [0.29, 0.717) is 11.5 Å². The van der Waals surface area contributed by atoms with E-state index in [-0.39, 0.29) is 5.91 Å². The van der Waals surface area contributed by atoms with Crippen molar-refractivity contribution in [2.45, 2.75) is 13.8 Å². The molecule has 1 N–H and O–H groups in total. The third kappa shape index (κ3) is 3.73. The van der Waals surface area contributed by atoms with Crippen LogP contribution >= 0.6 is 38.5 Å². The third-order valence-corrected chi connectivity index (χ3v) is 3.74. The summed E-state index contributed by atoms with van der Waals surface area (Å²) in [5.74, 6) is 0.101. The molecule has 0 fully saturated rings. The average Bonchev–Trinajstić information content (AvgIpc) is 2.30. The Morgan fingerprint density at radius 1 is 1.21 bits per heavy atom. The minimum absolute atomic E-state index is 0.226. The van der Waals surface area contributed by atoms with Gasteiger partial charge in [0, 0.05) is 19.4 Å². The largest absolute Gasteiger partial charge is 0.290 e. The Morgan fingerprint density at radius 2 is 1.84 bits per heavy atom. The van der Waals surface area contributed by atoms with Gasteiger partial charge in [0.05, 0.1) is 5.56 Å². The van der Waals surface area contributed by atoms with Crippen molar-refractivity contribution in [3.63, 3.8) is 0 Å². The highest BCUT2D eigenvalue weighted by Gasteiger charge is 2.12. The normalized spacial score (nSPS) is 10.3. The van der Waals surface area contributed by atoms with Crippen LogP contribution < -0.4 is 5.32 Å². The van der Waals surface area contributed by atoms with Crippen molar-refractivity contribution in [1.82, 2.24) is 9.97 Å². The van der Waals surface area contributed by atoms with Gasteiger partial charge >= 0.3 is 0 Å². The summed E-state index contributed by atoms with van der Waals surface area (Å²) in [6.45, 7) is 3.73. The van der Waals surface area contributed by atoms with E-state index >= 15 is 0 Å². The van der Waals surface area contributed by atoms with E-state index in [1.165, 1.54) is 0 Å². The molecule has 0 aliphatic rings. The Morgan fingerprint density at radius 3 is 2.47 bits per heavy atom. The minimum atomic E-state index is -0.226. The number of halogens is 2. The first kappa shape index (κ1) is 14.4. The van der Waals surface area contributed by atoms with Gasteiger partial charge in [0.2, 0.25) is 5.95 Å². The zero-order chi connectivity index (χ0) is 14.0. The fraction of sp³-hybridized carbons (Fsp3) is 0.154. The quantitative estimate of drug-likeness (QED) is 0.737. The number of aromatic nitrogens is 2. The lowest BCUT2D eigenvalue weighted by Gasteiger charge is -2.07. The second-order valence-corrected chi connectivity index (χ2v) is 6.15. The third-order valence-electron chi connectivity index (χ3n) is 2.38. The van der Waals surface area contributed by atoms with E-state index in [2.05, 4.69) is 53.8 Å². The molecule has 1 heterocycles. The highest BCUT2D eigenvalue weighted by atomic mass is 127. The van der Waals surface area contributed by atoms with E-state index in [9.17, 15) is 4.79 Å². The maximum absolute atomic E-state index is 12.2. The van der Waals surface area contributed by atoms with Crippen LogP contribution in [0.3, 0.4) is 0 Å². The van der Waals surface area contributed by atoms with E-state index in [1.54, 1.807) is 0 Å². The van der Waals surface area contributed by atoms with Gasteiger partial charge in [-0.25, -0.2) is 9.97 Å². The number of rotatable bonds is 2. The molecule has 1 aromatic carbocycles. The van der Waals surface area contributed by atoms with Crippen LogP contribution in [0.1, 0.15) is 21.7 Å². The Balaban J connectivity index is 2.28. The van der Waals surface area contributed by atoms with Crippen LogP contribution in [-0.4, -0.2) is 15.9 Å². The smallest absolute Gasteiger partial charge is 0.259 e. The zero-order valence-electron chi connectivity index (χ0n) is 10.4. The second kappa shape index (κ2) is 5.96. The topological polar surface area (TPSA) is 54.9 Å². The van der Waals surface area contributed by atoms with Gasteiger partial charge in [-0.3, -0.25) is 10.1 Å². The van der Waals surface area contributed by atoms with Crippen LogP contribution in [0.5, 0.6) is 0 Å². The van der Waals surface area contributed by atoms with Crippen LogP contribution in [0, 0.1) is 17.4 Å². The van der Waals surface area contributed by atoms with Crippen molar-refractivity contribution < 1.29 is 4.79 Å². The van der Waals surface area contributed by atoms with Gasteiger partial charge in [-0.05, 0) is 76.6 Å². The van der Waals surface area contributed by atoms with Gasteiger partial charge in [-0.2, -0.15) is 0 Å². The molecule has 0 spiro atoms. The van der Waals surface area contributed by atoms with Gasteiger partial charge in [-0.1, -0.05) is 0 Å². The molecular weight excluding hydrogens is 421 g/mol. The lowest BCUT2D eigenvalue weighted by Crippen LogP contribution is -2.15. The maximum atomic E-state index is 12.2. The van der Waals surface area contributed by atoms with E-state index < -0.39 is 0 Å². The molecule has 19 heavy (non-hydrogen) atoms. The predicted octanol–water partition coefficient (Wildman–Crippen LogP) is 3.71. The fourth-order valence-electron chi connectivity index (χ4n) is 1.62. The van der Waals surface area contributed by atoms with Crippen LogP contribution in [0.4, 0.5) is 5.95 Å². The molecule has 98 valence electrons. The number of hydrogen-bond acceptors (Lipinski definition) is 3. The number of nitrogens with zero attached hydrogens (tertiary/aromatic N) is 2. The van der Waals surface area contributed by atoms with Crippen molar-refractivity contribution in [3.8, 4) is 0 Å². The van der Waals surface area contributed by atoms with Gasteiger partial charge in [-0.15, -0.1) is 0 Å². The molecule has 1 aromatic heterocycles. The summed E-state index contributed by atoms with van der Waals surface area (Å²) in [7, 11) is 0. The summed E-state index contributed by atoms with van der Waals surface area (Å²) in [5, 5.41) is 2.71. The van der Waals surface area contributed by atoms with Crippen molar-refractivity contribution in [2.75, 3.05) is 5.32 Å². The monoisotopic (exact) mass is 431 g/mol. The summed E-state index contributed by atoms with van der Waals surface area (Å²) in [6, 6.07) is 7.44. The molecule has 0 aliphatic heterocycles. The standard InChI is InChI=1S/C13H11BrIN3O/c1-7-5-8(2)17-13(16-7)18-12(19)10-6-9(15)3-4-11(10)14/h3-6H,1-2H3,(H,16,17,18,19). The van der Waals surface area contributed by atoms with Gasteiger partial charge in [0.25, 0.3) is 5.91 Å². The molecule has 0 unspecified atom stereocenters. The molecule has 4 nitrogen and oxygen atoms in total. The first-order chi connectivity index (χ1) is 8.95. The van der Waals surface area contributed by atoms with Gasteiger partial charge < -0.3 is 0 Å². The number of carbonyl (C=O) groups excluding carboxylic acids is 1.